The Morgan fingerprint density at radius 2 is 1.48 bits per heavy atom. The molecule has 0 aromatic heterocycles. The lowest BCUT2D eigenvalue weighted by Crippen LogP contribution is -2.59. The SMILES string of the molecule is COc1ccc(C[C@H](NC(=O)[C@H](CC(=O)O)NC(=O)CNC(=O)[C@@H]2CCC(N=C(N)N)C(C)CC[C@H]3O[C@]3(C)[C@H]3[C@H](OC)[C@@H](CC[C@]34CO4)OC(=O)NCC(=O)N2)C(=O)N[C@@H](CCCN=C(N)N)C(=O)N[C@@H](CCC(=O)O)C(N)=O)cc1. The van der Waals surface area contributed by atoms with Gasteiger partial charge in [0.25, 0.3) is 0 Å². The first-order chi connectivity index (χ1) is 38.8. The van der Waals surface area contributed by atoms with Crippen LogP contribution in [-0.4, -0.2) is 188 Å². The molecule has 0 radical (unpaired) electrons. The summed E-state index contributed by atoms with van der Waals surface area (Å²) in [7, 11) is 2.94. The van der Waals surface area contributed by atoms with Crippen LogP contribution in [0.5, 0.6) is 5.75 Å². The monoisotopic (exact) mass is 1160 g/mol. The van der Waals surface area contributed by atoms with Crippen LogP contribution >= 0.6 is 0 Å². The van der Waals surface area contributed by atoms with Gasteiger partial charge in [-0.1, -0.05) is 19.1 Å². The fourth-order valence-corrected chi connectivity index (χ4v) is 10.5. The topological polar surface area (TPSA) is 503 Å². The van der Waals surface area contributed by atoms with E-state index in [0.717, 1.165) is 0 Å². The highest BCUT2D eigenvalue weighted by atomic mass is 16.6. The smallest absolute Gasteiger partial charge is 0.407 e. The number of benzene rings is 1. The summed E-state index contributed by atoms with van der Waals surface area (Å²) < 4.78 is 29.4. The van der Waals surface area contributed by atoms with Gasteiger partial charge in [-0.2, -0.15) is 0 Å². The Balaban J connectivity index is 1.31. The Hall–Kier alpha value is -8.06. The number of fused-ring (bicyclic) bond motifs is 5. The normalized spacial score (nSPS) is 26.6. The zero-order valence-corrected chi connectivity index (χ0v) is 46.3. The fourth-order valence-electron chi connectivity index (χ4n) is 10.5. The van der Waals surface area contributed by atoms with Gasteiger partial charge in [-0.05, 0) is 88.3 Å². The van der Waals surface area contributed by atoms with Gasteiger partial charge in [-0.25, -0.2) is 4.79 Å². The number of hydrogen-bond acceptors (Lipinski definition) is 17. The van der Waals surface area contributed by atoms with Crippen LogP contribution in [-0.2, 0) is 68.5 Å². The molecule has 31 heteroatoms. The summed E-state index contributed by atoms with van der Waals surface area (Å²) in [5.41, 5.74) is 27.3. The number of alkyl carbamates (subject to hydrolysis) is 1. The van der Waals surface area contributed by atoms with Gasteiger partial charge in [-0.15, -0.1) is 0 Å². The van der Waals surface area contributed by atoms with Gasteiger partial charge in [0.05, 0.1) is 44.7 Å². The van der Waals surface area contributed by atoms with E-state index in [4.69, 9.17) is 52.4 Å². The summed E-state index contributed by atoms with van der Waals surface area (Å²) in [5, 5.41) is 36.0. The minimum Gasteiger partial charge on any atom is -0.497 e. The van der Waals surface area contributed by atoms with E-state index in [1.165, 1.54) is 14.2 Å². The molecule has 4 aliphatic rings. The van der Waals surface area contributed by atoms with Crippen LogP contribution in [0.4, 0.5) is 4.79 Å². The maximum Gasteiger partial charge on any atom is 0.407 e. The molecular weight excluding hydrogens is 1080 g/mol. The number of carbonyl (C=O) groups is 10. The van der Waals surface area contributed by atoms with E-state index in [1.54, 1.807) is 24.3 Å². The molecule has 3 heterocycles. The second kappa shape index (κ2) is 29.6. The number of primary amides is 1. The predicted octanol–water partition coefficient (Wildman–Crippen LogP) is -4.05. The molecule has 82 heavy (non-hydrogen) atoms. The standard InChI is InChI=1S/C51H78N14O17/c1-25-7-15-35-50(2,82-35)41-40(79-4)34(17-18-51(41)24-80-51)81-49(77)59-23-37(67)60-31(13-12-28(25)65-48(55)56)43(73)58-22-36(66)61-33(21-39(70)71)46(76)64-32(20-26-8-10-27(78-3)11-9-26)45(75)63-30(6-5-19-57-47(53)54)44(74)62-29(42(52)72)14-16-38(68)69/h8-11,25,28-35,40-41H,5-7,12-24H2,1-4H3,(H2,52,72)(H,58,73)(H,59,77)(H,60,67)(H,61,66)(H,62,74)(H,63,75)(H,64,76)(H,68,69)(H,70,71)(H4,53,54,57)(H4,55,56,65)/t25?,28?,29-,30-,31-,32-,33-,34+,35+,40+,41+,50-,51-/m0/s1. The number of methoxy groups -OCH3 is 2. The molecule has 1 saturated carbocycles. The number of nitrogens with one attached hydrogen (secondary N) is 7. The number of carboxylic acid groups (broad SMARTS) is 2. The molecule has 1 spiro atoms. The number of carbonyl (C=O) groups excluding carboxylic acids is 8. The number of guanidine groups is 2. The Morgan fingerprint density at radius 3 is 2.09 bits per heavy atom. The van der Waals surface area contributed by atoms with Crippen LogP contribution in [0.25, 0.3) is 0 Å². The summed E-state index contributed by atoms with van der Waals surface area (Å²) in [5.74, 6) is -10.4. The Labute approximate surface area is 472 Å². The Bertz CT molecular complexity index is 2540. The van der Waals surface area contributed by atoms with Gasteiger partial charge in [0, 0.05) is 26.5 Å². The molecule has 2 unspecified atom stereocenters. The Kier molecular flexibility index (Phi) is 23.4. The lowest BCUT2D eigenvalue weighted by molar-refractivity contribution is -0.141. The number of epoxide rings is 2. The van der Waals surface area contributed by atoms with E-state index in [-0.39, 0.29) is 74.9 Å². The summed E-state index contributed by atoms with van der Waals surface area (Å²) in [6.45, 7) is 2.90. The molecule has 1 aliphatic carbocycles. The van der Waals surface area contributed by atoms with Crippen molar-refractivity contribution in [3.63, 3.8) is 0 Å². The van der Waals surface area contributed by atoms with E-state index >= 15 is 0 Å². The van der Waals surface area contributed by atoms with Gasteiger partial charge < -0.3 is 99.8 Å². The summed E-state index contributed by atoms with van der Waals surface area (Å²) in [4.78, 5) is 140. The first-order valence-electron chi connectivity index (χ1n) is 26.8. The number of hydrogen-bond donors (Lipinski definition) is 14. The second-order valence-electron chi connectivity index (χ2n) is 21.0. The molecule has 2 bridgehead atoms. The molecule has 5 rings (SSSR count). The van der Waals surface area contributed by atoms with Gasteiger partial charge >= 0.3 is 18.0 Å². The molecule has 19 N–H and O–H groups in total. The maximum atomic E-state index is 14.2. The molecule has 8 amide bonds. The number of carboxylic acids is 2. The van der Waals surface area contributed by atoms with Gasteiger partial charge in [0.2, 0.25) is 41.4 Å². The molecule has 3 saturated heterocycles. The lowest BCUT2D eigenvalue weighted by Gasteiger charge is -2.42. The first-order valence-corrected chi connectivity index (χ1v) is 26.8. The third-order valence-electron chi connectivity index (χ3n) is 15.0. The number of aliphatic imine (C=N–C) groups is 2. The highest BCUT2D eigenvalue weighted by Crippen LogP contribution is 2.60. The van der Waals surface area contributed by atoms with Crippen molar-refractivity contribution in [3.8, 4) is 5.75 Å². The molecule has 31 nitrogen and oxygen atoms in total. The molecule has 1 aromatic rings. The highest BCUT2D eigenvalue weighted by molar-refractivity contribution is 5.97. The average Bonchev–Trinajstić information content (AvgIpc) is 1.64. The van der Waals surface area contributed by atoms with Crippen LogP contribution in [0.2, 0.25) is 0 Å². The van der Waals surface area contributed by atoms with Gasteiger partial charge in [-0.3, -0.25) is 53.1 Å². The van der Waals surface area contributed by atoms with Gasteiger partial charge in [0.15, 0.2) is 11.9 Å². The minimum absolute atomic E-state index is 0.0157. The zero-order chi connectivity index (χ0) is 60.5. The molecule has 454 valence electrons. The molecule has 1 aromatic carbocycles. The van der Waals surface area contributed by atoms with E-state index in [2.05, 4.69) is 47.2 Å². The van der Waals surface area contributed by atoms with E-state index < -0.39 is 145 Å². The van der Waals surface area contributed by atoms with Gasteiger partial charge in [0.1, 0.15) is 65.9 Å². The maximum absolute atomic E-state index is 14.2. The summed E-state index contributed by atoms with van der Waals surface area (Å²) >= 11 is 0. The van der Waals surface area contributed by atoms with Crippen molar-refractivity contribution in [2.75, 3.05) is 40.5 Å². The second-order valence-corrected chi connectivity index (χ2v) is 21.0. The van der Waals surface area contributed by atoms with Crippen molar-refractivity contribution in [2.24, 2.45) is 50.5 Å². The average molecular weight is 1160 g/mol. The molecule has 3 aliphatic heterocycles. The number of nitrogens with two attached hydrogens (primary N) is 5. The largest absolute Gasteiger partial charge is 0.497 e. The minimum atomic E-state index is -1.89. The summed E-state index contributed by atoms with van der Waals surface area (Å²) in [6, 6.07) is -2.14. The van der Waals surface area contributed by atoms with Crippen LogP contribution in [0.15, 0.2) is 34.3 Å². The van der Waals surface area contributed by atoms with Crippen LogP contribution in [0.1, 0.15) is 90.0 Å². The number of amides is 8. The number of nitrogens with zero attached hydrogens (tertiary/aromatic N) is 2. The summed E-state index contributed by atoms with van der Waals surface area (Å²) in [6.07, 6.45) is -2.61. The fraction of sp³-hybridized carbons (Fsp3) is 0.647. The van der Waals surface area contributed by atoms with Crippen LogP contribution in [0.3, 0.4) is 0 Å². The van der Waals surface area contributed by atoms with Crippen molar-refractivity contribution >= 4 is 71.3 Å². The molecule has 4 fully saturated rings. The third-order valence-corrected chi connectivity index (χ3v) is 15.0. The quantitative estimate of drug-likeness (QED) is 0.0192. The van der Waals surface area contributed by atoms with Crippen molar-refractivity contribution < 1.29 is 81.8 Å². The molecule has 13 atom stereocenters. The van der Waals surface area contributed by atoms with Crippen LogP contribution < -0.4 is 70.6 Å². The highest BCUT2D eigenvalue weighted by Gasteiger charge is 2.72. The third kappa shape index (κ3) is 19.0. The van der Waals surface area contributed by atoms with Crippen molar-refractivity contribution in [1.29, 1.82) is 0 Å². The lowest BCUT2D eigenvalue weighted by atomic mass is 9.68. The first kappa shape index (κ1) is 64.8. The van der Waals surface area contributed by atoms with Crippen molar-refractivity contribution in [2.45, 2.75) is 157 Å². The zero-order valence-electron chi connectivity index (χ0n) is 46.3. The van der Waals surface area contributed by atoms with E-state index in [1.807, 2.05) is 13.8 Å². The van der Waals surface area contributed by atoms with E-state index in [9.17, 15) is 58.2 Å². The van der Waals surface area contributed by atoms with Crippen molar-refractivity contribution in [3.05, 3.63) is 29.8 Å². The Morgan fingerprint density at radius 1 is 0.817 bits per heavy atom. The molecular formula is C51H78N14O17. The van der Waals surface area contributed by atoms with Crippen molar-refractivity contribution in [1.82, 2.24) is 37.2 Å². The number of rotatable bonds is 25. The number of aliphatic carboxylic acids is 2. The van der Waals surface area contributed by atoms with E-state index in [0.29, 0.717) is 43.6 Å². The van der Waals surface area contributed by atoms with Crippen LogP contribution in [0, 0.1) is 11.8 Å². The number of ether oxygens (including phenoxy) is 5. The predicted molar refractivity (Wildman–Crippen MR) is 289 cm³/mol.